The van der Waals surface area contributed by atoms with E-state index in [0.717, 1.165) is 16.9 Å². The molecular formula is C17H18N2O. The van der Waals surface area contributed by atoms with E-state index in [1.165, 1.54) is 0 Å². The molecule has 2 aromatic carbocycles. The van der Waals surface area contributed by atoms with Crippen LogP contribution in [-0.2, 0) is 0 Å². The predicted octanol–water partition coefficient (Wildman–Crippen LogP) is 3.77. The highest BCUT2D eigenvalue weighted by Crippen LogP contribution is 2.31. The fourth-order valence-corrected chi connectivity index (χ4v) is 2.19. The van der Waals surface area contributed by atoms with E-state index in [0.29, 0.717) is 12.0 Å². The zero-order valence-corrected chi connectivity index (χ0v) is 11.7. The van der Waals surface area contributed by atoms with Gasteiger partial charge in [-0.3, -0.25) is 0 Å². The van der Waals surface area contributed by atoms with Crippen molar-refractivity contribution >= 4 is 11.4 Å². The van der Waals surface area contributed by atoms with Crippen molar-refractivity contribution in [3.05, 3.63) is 59.7 Å². The third kappa shape index (κ3) is 2.81. The Labute approximate surface area is 119 Å². The minimum absolute atomic E-state index is 0.466. The number of para-hydroxylation sites is 1. The average Bonchev–Trinajstić information content (AvgIpc) is 2.53. The molecule has 3 heteroatoms. The second kappa shape index (κ2) is 6.23. The van der Waals surface area contributed by atoms with Crippen LogP contribution in [-0.4, -0.2) is 12.2 Å². The van der Waals surface area contributed by atoms with Gasteiger partial charge in [0.2, 0.25) is 0 Å². The number of hydrogen-bond donors (Lipinski definition) is 1. The fraction of sp³-hybridized carbons (Fsp3) is 0.235. The largest absolute Gasteiger partial charge is 0.388 e. The molecule has 0 aromatic heterocycles. The van der Waals surface area contributed by atoms with Gasteiger partial charge in [0.05, 0.1) is 17.7 Å². The van der Waals surface area contributed by atoms with Crippen molar-refractivity contribution in [2.45, 2.75) is 19.4 Å². The quantitative estimate of drug-likeness (QED) is 0.916. The van der Waals surface area contributed by atoms with E-state index in [1.54, 1.807) is 12.1 Å². The van der Waals surface area contributed by atoms with Crippen LogP contribution in [0.15, 0.2) is 48.5 Å². The lowest BCUT2D eigenvalue weighted by Crippen LogP contribution is -2.13. The number of rotatable bonds is 4. The van der Waals surface area contributed by atoms with E-state index < -0.39 is 6.10 Å². The molecule has 0 heterocycles. The first-order chi connectivity index (χ1) is 9.67. The van der Waals surface area contributed by atoms with Crippen LogP contribution in [0.1, 0.15) is 30.6 Å². The van der Waals surface area contributed by atoms with E-state index in [9.17, 15) is 5.11 Å². The molecule has 1 unspecified atom stereocenters. The van der Waals surface area contributed by atoms with Crippen LogP contribution in [0.4, 0.5) is 11.4 Å². The first kappa shape index (κ1) is 14.1. The van der Waals surface area contributed by atoms with Crippen LogP contribution in [0.2, 0.25) is 0 Å². The summed E-state index contributed by atoms with van der Waals surface area (Å²) in [7, 11) is 1.96. The Balaban J connectivity index is 2.37. The zero-order chi connectivity index (χ0) is 14.5. The van der Waals surface area contributed by atoms with Crippen molar-refractivity contribution in [1.82, 2.24) is 0 Å². The number of nitrogens with zero attached hydrogens (tertiary/aromatic N) is 2. The second-order valence-corrected chi connectivity index (χ2v) is 4.70. The van der Waals surface area contributed by atoms with Crippen molar-refractivity contribution in [3.63, 3.8) is 0 Å². The summed E-state index contributed by atoms with van der Waals surface area (Å²) in [4.78, 5) is 2.02. The summed E-state index contributed by atoms with van der Waals surface area (Å²) in [6.45, 7) is 1.96. The minimum atomic E-state index is -0.466. The van der Waals surface area contributed by atoms with E-state index in [1.807, 2.05) is 55.3 Å². The first-order valence-corrected chi connectivity index (χ1v) is 6.68. The average molecular weight is 266 g/mol. The molecule has 0 spiro atoms. The molecular weight excluding hydrogens is 248 g/mol. The van der Waals surface area contributed by atoms with E-state index in [2.05, 4.69) is 6.07 Å². The second-order valence-electron chi connectivity index (χ2n) is 4.70. The standard InChI is InChI=1S/C17H18N2O/c1-3-17(20)15-6-4-5-7-16(15)19(2)14-10-8-13(12-18)9-11-14/h4-11,17,20H,3H2,1-2H3. The highest BCUT2D eigenvalue weighted by atomic mass is 16.3. The molecule has 0 aliphatic carbocycles. The van der Waals surface area contributed by atoms with Crippen LogP contribution in [0.25, 0.3) is 0 Å². The SMILES string of the molecule is CCC(O)c1ccccc1N(C)c1ccc(C#N)cc1. The fourth-order valence-electron chi connectivity index (χ4n) is 2.19. The zero-order valence-electron chi connectivity index (χ0n) is 11.7. The predicted molar refractivity (Wildman–Crippen MR) is 80.9 cm³/mol. The van der Waals surface area contributed by atoms with Gasteiger partial charge in [-0.2, -0.15) is 5.26 Å². The normalized spacial score (nSPS) is 11.7. The highest BCUT2D eigenvalue weighted by Gasteiger charge is 2.14. The molecule has 0 radical (unpaired) electrons. The van der Waals surface area contributed by atoms with Crippen molar-refractivity contribution in [2.24, 2.45) is 0 Å². The molecule has 0 aliphatic rings. The maximum absolute atomic E-state index is 10.1. The van der Waals surface area contributed by atoms with Crippen LogP contribution in [0.3, 0.4) is 0 Å². The molecule has 102 valence electrons. The van der Waals surface area contributed by atoms with Gasteiger partial charge < -0.3 is 10.0 Å². The summed E-state index contributed by atoms with van der Waals surface area (Å²) < 4.78 is 0. The number of hydrogen-bond acceptors (Lipinski definition) is 3. The molecule has 0 bridgehead atoms. The molecule has 0 fully saturated rings. The maximum Gasteiger partial charge on any atom is 0.0991 e. The number of aliphatic hydroxyl groups is 1. The molecule has 0 amide bonds. The summed E-state index contributed by atoms with van der Waals surface area (Å²) >= 11 is 0. The van der Waals surface area contributed by atoms with E-state index in [4.69, 9.17) is 5.26 Å². The molecule has 1 N–H and O–H groups in total. The number of nitriles is 1. The first-order valence-electron chi connectivity index (χ1n) is 6.68. The Bertz CT molecular complexity index is 614. The van der Waals surface area contributed by atoms with Crippen molar-refractivity contribution < 1.29 is 5.11 Å². The molecule has 3 nitrogen and oxygen atoms in total. The van der Waals surface area contributed by atoms with Crippen LogP contribution in [0, 0.1) is 11.3 Å². The van der Waals surface area contributed by atoms with Crippen LogP contribution < -0.4 is 4.90 Å². The lowest BCUT2D eigenvalue weighted by Gasteiger charge is -2.24. The van der Waals surface area contributed by atoms with Crippen molar-refractivity contribution in [2.75, 3.05) is 11.9 Å². The molecule has 2 aromatic rings. The van der Waals surface area contributed by atoms with E-state index in [-0.39, 0.29) is 0 Å². The molecule has 0 saturated carbocycles. The molecule has 0 saturated heterocycles. The topological polar surface area (TPSA) is 47.3 Å². The Morgan fingerprint density at radius 1 is 1.15 bits per heavy atom. The van der Waals surface area contributed by atoms with Gasteiger partial charge in [0.25, 0.3) is 0 Å². The van der Waals surface area contributed by atoms with Gasteiger partial charge >= 0.3 is 0 Å². The monoisotopic (exact) mass is 266 g/mol. The molecule has 2 rings (SSSR count). The number of aliphatic hydroxyl groups excluding tert-OH is 1. The highest BCUT2D eigenvalue weighted by molar-refractivity contribution is 5.66. The van der Waals surface area contributed by atoms with Gasteiger partial charge in [0.1, 0.15) is 0 Å². The third-order valence-corrected chi connectivity index (χ3v) is 3.43. The van der Waals surface area contributed by atoms with E-state index >= 15 is 0 Å². The maximum atomic E-state index is 10.1. The Hall–Kier alpha value is -2.31. The van der Waals surface area contributed by atoms with Crippen molar-refractivity contribution in [1.29, 1.82) is 5.26 Å². The Morgan fingerprint density at radius 3 is 2.40 bits per heavy atom. The van der Waals surface area contributed by atoms with Crippen molar-refractivity contribution in [3.8, 4) is 6.07 Å². The van der Waals surface area contributed by atoms with Gasteiger partial charge in [-0.1, -0.05) is 25.1 Å². The van der Waals surface area contributed by atoms with Gasteiger partial charge in [0.15, 0.2) is 0 Å². The van der Waals surface area contributed by atoms with Gasteiger partial charge in [-0.05, 0) is 36.8 Å². The summed E-state index contributed by atoms with van der Waals surface area (Å²) in [6, 6.07) is 17.4. The summed E-state index contributed by atoms with van der Waals surface area (Å²) in [5, 5.41) is 19.0. The lowest BCUT2D eigenvalue weighted by molar-refractivity contribution is 0.174. The lowest BCUT2D eigenvalue weighted by atomic mass is 10.0. The smallest absolute Gasteiger partial charge is 0.0991 e. The summed E-state index contributed by atoms with van der Waals surface area (Å²) in [5.74, 6) is 0. The molecule has 0 aliphatic heterocycles. The minimum Gasteiger partial charge on any atom is -0.388 e. The Kier molecular flexibility index (Phi) is 4.39. The van der Waals surface area contributed by atoms with Gasteiger partial charge in [-0.25, -0.2) is 0 Å². The number of anilines is 2. The molecule has 1 atom stereocenters. The van der Waals surface area contributed by atoms with Gasteiger partial charge in [-0.15, -0.1) is 0 Å². The third-order valence-electron chi connectivity index (χ3n) is 3.43. The molecule has 20 heavy (non-hydrogen) atoms. The van der Waals surface area contributed by atoms with Gasteiger partial charge in [0, 0.05) is 24.0 Å². The summed E-state index contributed by atoms with van der Waals surface area (Å²) in [6.07, 6.45) is 0.213. The van der Waals surface area contributed by atoms with Crippen LogP contribution in [0.5, 0.6) is 0 Å². The Morgan fingerprint density at radius 2 is 1.80 bits per heavy atom. The number of benzene rings is 2. The van der Waals surface area contributed by atoms with Crippen LogP contribution >= 0.6 is 0 Å². The summed E-state index contributed by atoms with van der Waals surface area (Å²) in [5.41, 5.74) is 3.53.